The molecule has 0 spiro atoms. The first-order valence-electron chi connectivity index (χ1n) is 12.4. The lowest BCUT2D eigenvalue weighted by Crippen LogP contribution is -2.23. The highest BCUT2D eigenvalue weighted by molar-refractivity contribution is 6.30. The van der Waals surface area contributed by atoms with Crippen molar-refractivity contribution < 1.29 is 4.74 Å². The van der Waals surface area contributed by atoms with Crippen LogP contribution >= 0.6 is 11.6 Å². The number of nitrogens with zero attached hydrogens (tertiary/aromatic N) is 2. The van der Waals surface area contributed by atoms with Gasteiger partial charge in [0.2, 0.25) is 0 Å². The summed E-state index contributed by atoms with van der Waals surface area (Å²) >= 11 is 6.08. The second-order valence-corrected chi connectivity index (χ2v) is 9.79. The predicted molar refractivity (Wildman–Crippen MR) is 146 cm³/mol. The van der Waals surface area contributed by atoms with Gasteiger partial charge in [0.05, 0.1) is 17.5 Å². The lowest BCUT2D eigenvalue weighted by Gasteiger charge is -2.14. The first-order chi connectivity index (χ1) is 16.9. The molecule has 0 amide bonds. The van der Waals surface area contributed by atoms with Crippen LogP contribution in [0.1, 0.15) is 56.6 Å². The van der Waals surface area contributed by atoms with Gasteiger partial charge in [-0.1, -0.05) is 62.6 Å². The van der Waals surface area contributed by atoms with Gasteiger partial charge in [-0.3, -0.25) is 9.36 Å². The highest BCUT2D eigenvalue weighted by Gasteiger charge is 2.12. The molecule has 0 aliphatic carbocycles. The molecule has 0 N–H and O–H groups in total. The number of unbranched alkanes of at least 4 members (excludes halogenated alkanes) is 3. The van der Waals surface area contributed by atoms with E-state index in [0.29, 0.717) is 40.8 Å². The SMILES string of the molecule is Cc1ccc(C(C)C)cc1OCCCCCCn1c(-c2ccc(Cl)cc2)nc2ccccc2c1=O. The van der Waals surface area contributed by atoms with Gasteiger partial charge in [-0.25, -0.2) is 4.98 Å². The number of ether oxygens (including phenoxy) is 1. The lowest BCUT2D eigenvalue weighted by atomic mass is 10.0. The molecule has 0 fully saturated rings. The normalized spacial score (nSPS) is 11.3. The average molecular weight is 489 g/mol. The maximum Gasteiger partial charge on any atom is 0.261 e. The van der Waals surface area contributed by atoms with E-state index in [2.05, 4.69) is 39.0 Å². The van der Waals surface area contributed by atoms with E-state index in [1.807, 2.05) is 53.1 Å². The maximum absolute atomic E-state index is 13.3. The number of aryl methyl sites for hydroxylation is 1. The third-order valence-electron chi connectivity index (χ3n) is 6.38. The fraction of sp³-hybridized carbons (Fsp3) is 0.333. The summed E-state index contributed by atoms with van der Waals surface area (Å²) in [6.07, 6.45) is 3.96. The van der Waals surface area contributed by atoms with Gasteiger partial charge in [-0.15, -0.1) is 0 Å². The highest BCUT2D eigenvalue weighted by Crippen LogP contribution is 2.25. The van der Waals surface area contributed by atoms with Crippen molar-refractivity contribution in [1.29, 1.82) is 0 Å². The minimum atomic E-state index is 0.00407. The smallest absolute Gasteiger partial charge is 0.261 e. The molecule has 4 rings (SSSR count). The maximum atomic E-state index is 13.3. The molecule has 0 unspecified atom stereocenters. The molecule has 35 heavy (non-hydrogen) atoms. The number of halogens is 1. The van der Waals surface area contributed by atoms with E-state index < -0.39 is 0 Å². The van der Waals surface area contributed by atoms with Crippen molar-refractivity contribution in [3.05, 3.63) is 93.2 Å². The summed E-state index contributed by atoms with van der Waals surface area (Å²) in [4.78, 5) is 18.1. The number of para-hydroxylation sites is 1. The quantitative estimate of drug-likeness (QED) is 0.214. The second kappa shape index (κ2) is 11.5. The van der Waals surface area contributed by atoms with Crippen molar-refractivity contribution >= 4 is 22.5 Å². The number of rotatable bonds is 10. The van der Waals surface area contributed by atoms with Crippen LogP contribution in [0.5, 0.6) is 5.75 Å². The molecule has 0 saturated heterocycles. The fourth-order valence-electron chi connectivity index (χ4n) is 4.23. The molecule has 182 valence electrons. The monoisotopic (exact) mass is 488 g/mol. The Bertz CT molecular complexity index is 1340. The zero-order valence-corrected chi connectivity index (χ0v) is 21.5. The van der Waals surface area contributed by atoms with E-state index in [9.17, 15) is 4.79 Å². The van der Waals surface area contributed by atoms with Crippen LogP contribution < -0.4 is 10.3 Å². The summed E-state index contributed by atoms with van der Waals surface area (Å²) in [5.74, 6) is 2.16. The van der Waals surface area contributed by atoms with Gasteiger partial charge in [0.1, 0.15) is 11.6 Å². The minimum absolute atomic E-state index is 0.00407. The zero-order valence-electron chi connectivity index (χ0n) is 20.8. The van der Waals surface area contributed by atoms with Gasteiger partial charge in [-0.2, -0.15) is 0 Å². The molecule has 1 heterocycles. The molecule has 5 heteroatoms. The van der Waals surface area contributed by atoms with Crippen LogP contribution in [0, 0.1) is 6.92 Å². The summed E-state index contributed by atoms with van der Waals surface area (Å²) < 4.78 is 7.88. The summed E-state index contributed by atoms with van der Waals surface area (Å²) in [6.45, 7) is 7.82. The second-order valence-electron chi connectivity index (χ2n) is 9.36. The Morgan fingerprint density at radius 1 is 0.943 bits per heavy atom. The zero-order chi connectivity index (χ0) is 24.8. The molecule has 0 bridgehead atoms. The molecule has 1 aromatic heterocycles. The third kappa shape index (κ3) is 6.12. The molecular weight excluding hydrogens is 456 g/mol. The Labute approximate surface area is 212 Å². The van der Waals surface area contributed by atoms with Crippen LogP contribution in [0.15, 0.2) is 71.5 Å². The third-order valence-corrected chi connectivity index (χ3v) is 6.63. The predicted octanol–water partition coefficient (Wildman–Crippen LogP) is 7.79. The van der Waals surface area contributed by atoms with Gasteiger partial charge in [-0.05, 0) is 79.3 Å². The van der Waals surface area contributed by atoms with Gasteiger partial charge in [0.25, 0.3) is 5.56 Å². The first kappa shape index (κ1) is 25.0. The Morgan fingerprint density at radius 2 is 1.69 bits per heavy atom. The molecule has 0 aliphatic heterocycles. The van der Waals surface area contributed by atoms with Crippen molar-refractivity contribution in [3.63, 3.8) is 0 Å². The van der Waals surface area contributed by atoms with Gasteiger partial charge in [0.15, 0.2) is 0 Å². The van der Waals surface area contributed by atoms with Crippen LogP contribution in [0.25, 0.3) is 22.3 Å². The van der Waals surface area contributed by atoms with Crippen molar-refractivity contribution in [2.24, 2.45) is 0 Å². The first-order valence-corrected chi connectivity index (χ1v) is 12.8. The van der Waals surface area contributed by atoms with Crippen LogP contribution in [0.3, 0.4) is 0 Å². The average Bonchev–Trinajstić information content (AvgIpc) is 2.86. The number of aromatic nitrogens is 2. The topological polar surface area (TPSA) is 44.1 Å². The Morgan fingerprint density at radius 3 is 2.46 bits per heavy atom. The number of hydrogen-bond donors (Lipinski definition) is 0. The Kier molecular flexibility index (Phi) is 8.25. The molecule has 0 saturated carbocycles. The van der Waals surface area contributed by atoms with Gasteiger partial charge in [0, 0.05) is 17.1 Å². The van der Waals surface area contributed by atoms with Gasteiger partial charge >= 0.3 is 0 Å². The van der Waals surface area contributed by atoms with Crippen molar-refractivity contribution in [1.82, 2.24) is 9.55 Å². The van der Waals surface area contributed by atoms with Crippen LogP contribution in [-0.4, -0.2) is 16.2 Å². The number of fused-ring (bicyclic) bond motifs is 1. The number of hydrogen-bond acceptors (Lipinski definition) is 3. The molecule has 3 aromatic carbocycles. The fourth-order valence-corrected chi connectivity index (χ4v) is 4.36. The van der Waals surface area contributed by atoms with E-state index in [-0.39, 0.29) is 5.56 Å². The molecule has 4 aromatic rings. The van der Waals surface area contributed by atoms with Crippen LogP contribution in [-0.2, 0) is 6.54 Å². The molecule has 0 atom stereocenters. The van der Waals surface area contributed by atoms with E-state index in [4.69, 9.17) is 21.3 Å². The van der Waals surface area contributed by atoms with Crippen LogP contribution in [0.2, 0.25) is 5.02 Å². The van der Waals surface area contributed by atoms with E-state index in [1.54, 1.807) is 0 Å². The minimum Gasteiger partial charge on any atom is -0.493 e. The standard InChI is InChI=1S/C30H33ClN2O2/c1-21(2)24-13-12-22(3)28(20-24)35-19-9-5-4-8-18-33-29(23-14-16-25(31)17-15-23)32-27-11-7-6-10-26(27)30(33)34/h6-7,10-17,20-21H,4-5,8-9,18-19H2,1-3H3. The molecule has 4 nitrogen and oxygen atoms in total. The van der Waals surface area contributed by atoms with E-state index in [0.717, 1.165) is 37.0 Å². The van der Waals surface area contributed by atoms with Crippen molar-refractivity contribution in [2.75, 3.05) is 6.61 Å². The van der Waals surface area contributed by atoms with Crippen LogP contribution in [0.4, 0.5) is 0 Å². The van der Waals surface area contributed by atoms with E-state index >= 15 is 0 Å². The summed E-state index contributed by atoms with van der Waals surface area (Å²) in [5, 5.41) is 1.31. The largest absolute Gasteiger partial charge is 0.493 e. The summed E-state index contributed by atoms with van der Waals surface area (Å²) in [5.41, 5.74) is 4.09. The van der Waals surface area contributed by atoms with Crippen molar-refractivity contribution in [3.8, 4) is 17.1 Å². The van der Waals surface area contributed by atoms with E-state index in [1.165, 1.54) is 11.1 Å². The van der Waals surface area contributed by atoms with Gasteiger partial charge < -0.3 is 4.74 Å². The molecular formula is C30H33ClN2O2. The van der Waals surface area contributed by atoms with Crippen molar-refractivity contribution in [2.45, 2.75) is 58.9 Å². The molecule has 0 radical (unpaired) electrons. The summed E-state index contributed by atoms with van der Waals surface area (Å²) in [6, 6.07) is 21.5. The Hall–Kier alpha value is -3.11. The number of benzene rings is 3. The lowest BCUT2D eigenvalue weighted by molar-refractivity contribution is 0.301. The summed E-state index contributed by atoms with van der Waals surface area (Å²) in [7, 11) is 0. The molecule has 0 aliphatic rings. The Balaban J connectivity index is 1.37. The highest BCUT2D eigenvalue weighted by atomic mass is 35.5.